The zero-order chi connectivity index (χ0) is 16.4. The molecule has 124 valence electrons. The maximum Gasteiger partial charge on any atom is 0.305 e. The van der Waals surface area contributed by atoms with Crippen molar-refractivity contribution in [3.63, 3.8) is 0 Å². The van der Waals surface area contributed by atoms with Gasteiger partial charge in [0.25, 0.3) is 0 Å². The number of likely N-dealkylation sites (tertiary alicyclic amines) is 1. The molecule has 22 heavy (non-hydrogen) atoms. The third-order valence-corrected chi connectivity index (χ3v) is 6.15. The van der Waals surface area contributed by atoms with E-state index in [0.717, 1.165) is 12.8 Å². The number of hydrogen-bond donors (Lipinski definition) is 0. The topological polar surface area (TPSA) is 21.7 Å². The van der Waals surface area contributed by atoms with Crippen molar-refractivity contribution in [2.75, 3.05) is 7.05 Å². The van der Waals surface area contributed by atoms with Gasteiger partial charge in [0.15, 0.2) is 0 Å². The monoisotopic (exact) mass is 321 g/mol. The van der Waals surface area contributed by atoms with E-state index in [1.165, 1.54) is 11.1 Å². The van der Waals surface area contributed by atoms with Crippen molar-refractivity contribution in [3.8, 4) is 0 Å². The lowest BCUT2D eigenvalue weighted by Gasteiger charge is -2.53. The second-order valence-corrected chi connectivity index (χ2v) is 8.75. The summed E-state index contributed by atoms with van der Waals surface area (Å²) in [5.41, 5.74) is 2.91. The minimum Gasteiger partial charge on any atom is -0.396 e. The quantitative estimate of drug-likeness (QED) is 0.614. The molecule has 0 aliphatic carbocycles. The van der Waals surface area contributed by atoms with Crippen molar-refractivity contribution >= 4 is 10.0 Å². The smallest absolute Gasteiger partial charge is 0.305 e. The summed E-state index contributed by atoms with van der Waals surface area (Å²) in [4.78, 5) is 2.48. The fraction of sp³-hybridized carbons (Fsp3) is 0.667. The molecule has 0 saturated carbocycles. The Morgan fingerprint density at radius 2 is 1.73 bits per heavy atom. The van der Waals surface area contributed by atoms with Crippen LogP contribution in [0.2, 0.25) is 0 Å². The number of aryl methyl sites for hydroxylation is 1. The van der Waals surface area contributed by atoms with E-state index in [2.05, 4.69) is 70.8 Å². The van der Waals surface area contributed by atoms with Crippen LogP contribution in [0.25, 0.3) is 0 Å². The van der Waals surface area contributed by atoms with Crippen LogP contribution in [0, 0.1) is 6.92 Å². The Morgan fingerprint density at radius 3 is 2.32 bits per heavy atom. The molecule has 4 heteroatoms. The van der Waals surface area contributed by atoms with E-state index in [4.69, 9.17) is 8.85 Å². The molecule has 1 heterocycles. The molecule has 3 nitrogen and oxygen atoms in total. The molecule has 0 N–H and O–H groups in total. The Balaban J connectivity index is 1.81. The van der Waals surface area contributed by atoms with E-state index in [9.17, 15) is 0 Å². The Hall–Kier alpha value is -0.683. The van der Waals surface area contributed by atoms with E-state index >= 15 is 0 Å². The molecule has 0 aromatic heterocycles. The Bertz CT molecular complexity index is 484. The van der Waals surface area contributed by atoms with Crippen LogP contribution in [0.1, 0.15) is 51.7 Å². The Kier molecular flexibility index (Phi) is 5.48. The molecule has 1 fully saturated rings. The van der Waals surface area contributed by atoms with Crippen LogP contribution in [-0.4, -0.2) is 39.1 Å². The predicted molar refractivity (Wildman–Crippen MR) is 94.5 cm³/mol. The molecule has 0 radical (unpaired) electrons. The average molecular weight is 322 g/mol. The molecule has 0 spiro atoms. The van der Waals surface area contributed by atoms with Gasteiger partial charge in [0.05, 0.1) is 12.7 Å². The summed E-state index contributed by atoms with van der Waals surface area (Å²) in [5, 5.41) is 0. The minimum absolute atomic E-state index is 0.177. The first-order valence-electron chi connectivity index (χ1n) is 8.20. The van der Waals surface area contributed by atoms with Gasteiger partial charge in [-0.3, -0.25) is 4.90 Å². The summed E-state index contributed by atoms with van der Waals surface area (Å²) in [6, 6.07) is 8.39. The predicted octanol–water partition coefficient (Wildman–Crippen LogP) is 3.18. The molecular formula is C18H31NO2Si. The van der Waals surface area contributed by atoms with Gasteiger partial charge in [-0.1, -0.05) is 24.3 Å². The van der Waals surface area contributed by atoms with Crippen molar-refractivity contribution in [1.82, 2.24) is 4.90 Å². The molecular weight excluding hydrogens is 290 g/mol. The maximum atomic E-state index is 6.15. The van der Waals surface area contributed by atoms with Gasteiger partial charge >= 0.3 is 10.0 Å². The lowest BCUT2D eigenvalue weighted by Crippen LogP contribution is -2.60. The van der Waals surface area contributed by atoms with E-state index in [-0.39, 0.29) is 11.1 Å². The van der Waals surface area contributed by atoms with Crippen LogP contribution in [-0.2, 0) is 15.5 Å². The van der Waals surface area contributed by atoms with Crippen molar-refractivity contribution in [2.24, 2.45) is 0 Å². The normalized spacial score (nSPS) is 22.5. The van der Waals surface area contributed by atoms with Gasteiger partial charge in [-0.05, 0) is 65.6 Å². The van der Waals surface area contributed by atoms with Gasteiger partial charge in [0, 0.05) is 11.1 Å². The zero-order valence-corrected chi connectivity index (χ0v) is 16.4. The minimum atomic E-state index is -0.926. The lowest BCUT2D eigenvalue weighted by atomic mass is 9.79. The van der Waals surface area contributed by atoms with Crippen LogP contribution >= 0.6 is 0 Å². The maximum absolute atomic E-state index is 6.15. The van der Waals surface area contributed by atoms with Gasteiger partial charge in [0.2, 0.25) is 0 Å². The summed E-state index contributed by atoms with van der Waals surface area (Å²) in [7, 11) is 1.30. The number of rotatable bonds is 5. The fourth-order valence-corrected chi connectivity index (χ4v) is 4.29. The van der Waals surface area contributed by atoms with Crippen LogP contribution in [0.5, 0.6) is 0 Å². The average Bonchev–Trinajstić information content (AvgIpc) is 2.42. The molecule has 2 rings (SSSR count). The highest BCUT2D eigenvalue weighted by Crippen LogP contribution is 2.37. The molecule has 0 bridgehead atoms. The highest BCUT2D eigenvalue weighted by Gasteiger charge is 2.43. The van der Waals surface area contributed by atoms with E-state index < -0.39 is 10.0 Å². The highest BCUT2D eigenvalue weighted by atomic mass is 28.3. The van der Waals surface area contributed by atoms with Gasteiger partial charge < -0.3 is 8.85 Å². The van der Waals surface area contributed by atoms with Crippen LogP contribution in [0.3, 0.4) is 0 Å². The standard InChI is InChI=1S/C18H31NO2Si/c1-14-9-7-8-10-15(14)13-20-22-21-16-11-17(2,3)19(6)18(4,5)12-16/h7-10,16H,11-13,22H2,1-6H3. The summed E-state index contributed by atoms with van der Waals surface area (Å²) in [6.45, 7) is 12.0. The van der Waals surface area contributed by atoms with Gasteiger partial charge in [-0.15, -0.1) is 0 Å². The summed E-state index contributed by atoms with van der Waals surface area (Å²) in [5.74, 6) is 0. The summed E-state index contributed by atoms with van der Waals surface area (Å²) < 4.78 is 12.0. The second kappa shape index (κ2) is 6.83. The SMILES string of the molecule is Cc1ccccc1CO[SiH2]OC1CC(C)(C)N(C)C(C)(C)C1. The number of hydrogen-bond acceptors (Lipinski definition) is 3. The number of nitrogens with zero attached hydrogens (tertiary/aromatic N) is 1. The first-order chi connectivity index (χ1) is 10.2. The van der Waals surface area contributed by atoms with Crippen molar-refractivity contribution in [1.29, 1.82) is 0 Å². The molecule has 0 atom stereocenters. The Morgan fingerprint density at radius 1 is 1.14 bits per heavy atom. The molecule has 0 amide bonds. The number of benzene rings is 1. The molecule has 1 aliphatic heterocycles. The van der Waals surface area contributed by atoms with Crippen molar-refractivity contribution in [2.45, 2.75) is 71.2 Å². The molecule has 1 saturated heterocycles. The third kappa shape index (κ3) is 4.19. The summed E-state index contributed by atoms with van der Waals surface area (Å²) in [6.07, 6.45) is 2.48. The molecule has 0 unspecified atom stereocenters. The van der Waals surface area contributed by atoms with Crippen molar-refractivity contribution in [3.05, 3.63) is 35.4 Å². The first-order valence-corrected chi connectivity index (χ1v) is 9.36. The van der Waals surface area contributed by atoms with Crippen molar-refractivity contribution < 1.29 is 8.85 Å². The lowest BCUT2D eigenvalue weighted by molar-refractivity contribution is -0.0599. The second-order valence-electron chi connectivity index (χ2n) is 7.77. The van der Waals surface area contributed by atoms with Gasteiger partial charge in [-0.2, -0.15) is 0 Å². The largest absolute Gasteiger partial charge is 0.396 e. The van der Waals surface area contributed by atoms with E-state index in [1.54, 1.807) is 0 Å². The summed E-state index contributed by atoms with van der Waals surface area (Å²) >= 11 is 0. The first kappa shape index (κ1) is 17.7. The zero-order valence-electron chi connectivity index (χ0n) is 15.0. The van der Waals surface area contributed by atoms with E-state index in [1.807, 2.05) is 0 Å². The molecule has 1 aliphatic rings. The number of piperidine rings is 1. The third-order valence-electron chi connectivity index (χ3n) is 5.18. The van der Waals surface area contributed by atoms with E-state index in [0.29, 0.717) is 12.7 Å². The Labute approximate surface area is 138 Å². The van der Waals surface area contributed by atoms with Gasteiger partial charge in [0.1, 0.15) is 0 Å². The van der Waals surface area contributed by atoms with Crippen LogP contribution < -0.4 is 0 Å². The van der Waals surface area contributed by atoms with Crippen LogP contribution in [0.4, 0.5) is 0 Å². The molecule has 1 aromatic carbocycles. The van der Waals surface area contributed by atoms with Crippen LogP contribution in [0.15, 0.2) is 24.3 Å². The highest BCUT2D eigenvalue weighted by molar-refractivity contribution is 6.18. The molecule has 1 aromatic rings. The van der Waals surface area contributed by atoms with Gasteiger partial charge in [-0.25, -0.2) is 0 Å². The fourth-order valence-electron chi connectivity index (χ4n) is 3.47.